The van der Waals surface area contributed by atoms with Crippen molar-refractivity contribution in [2.75, 3.05) is 11.1 Å². The third kappa shape index (κ3) is 2.81. The van der Waals surface area contributed by atoms with Gasteiger partial charge in [0.25, 0.3) is 0 Å². The Hall–Kier alpha value is -2.56. The summed E-state index contributed by atoms with van der Waals surface area (Å²) < 4.78 is 0. The van der Waals surface area contributed by atoms with Gasteiger partial charge < -0.3 is 16.2 Å². The van der Waals surface area contributed by atoms with E-state index in [4.69, 9.17) is 10.8 Å². The number of hydrogen-bond acceptors (Lipinski definition) is 4. The SMILES string of the molecule is Nc1ccc(C(=O)O)nc1NC1CCc2ccccc2C1. The molecule has 1 aromatic carbocycles. The fourth-order valence-corrected chi connectivity index (χ4v) is 2.72. The van der Waals surface area contributed by atoms with Crippen molar-refractivity contribution in [2.45, 2.75) is 25.3 Å². The fraction of sp³-hybridized carbons (Fsp3) is 0.250. The zero-order valence-corrected chi connectivity index (χ0v) is 11.5. The molecule has 2 aromatic rings. The molecule has 5 heteroatoms. The molecular formula is C16H17N3O2. The van der Waals surface area contributed by atoms with Gasteiger partial charge in [-0.3, -0.25) is 0 Å². The number of pyridine rings is 1. The Labute approximate surface area is 122 Å². The standard InChI is InChI=1S/C16H17N3O2/c17-13-7-8-14(16(20)21)19-15(13)18-12-6-5-10-3-1-2-4-11(10)9-12/h1-4,7-8,12H,5-6,9,17H2,(H,18,19)(H,20,21). The monoisotopic (exact) mass is 283 g/mol. The lowest BCUT2D eigenvalue weighted by Gasteiger charge is -2.26. The van der Waals surface area contributed by atoms with E-state index in [-0.39, 0.29) is 11.7 Å². The molecule has 1 heterocycles. The second kappa shape index (κ2) is 5.44. The van der Waals surface area contributed by atoms with E-state index in [0.717, 1.165) is 19.3 Å². The molecule has 3 rings (SSSR count). The van der Waals surface area contributed by atoms with Gasteiger partial charge in [0.05, 0.1) is 5.69 Å². The van der Waals surface area contributed by atoms with E-state index in [0.29, 0.717) is 11.5 Å². The Bertz CT molecular complexity index is 685. The van der Waals surface area contributed by atoms with Gasteiger partial charge in [0.15, 0.2) is 5.69 Å². The average molecular weight is 283 g/mol. The van der Waals surface area contributed by atoms with Crippen LogP contribution in [0.15, 0.2) is 36.4 Å². The number of benzene rings is 1. The number of aromatic carboxylic acids is 1. The zero-order valence-electron chi connectivity index (χ0n) is 11.5. The molecule has 0 bridgehead atoms. The van der Waals surface area contributed by atoms with E-state index < -0.39 is 5.97 Å². The van der Waals surface area contributed by atoms with Crippen molar-refractivity contribution in [3.63, 3.8) is 0 Å². The van der Waals surface area contributed by atoms with Gasteiger partial charge in [-0.2, -0.15) is 0 Å². The number of aryl methyl sites for hydroxylation is 1. The van der Waals surface area contributed by atoms with Crippen LogP contribution in [0.4, 0.5) is 11.5 Å². The number of anilines is 2. The Morgan fingerprint density at radius 2 is 2.00 bits per heavy atom. The van der Waals surface area contributed by atoms with E-state index in [1.54, 1.807) is 6.07 Å². The third-order valence-electron chi connectivity index (χ3n) is 3.83. The van der Waals surface area contributed by atoms with E-state index in [1.165, 1.54) is 17.2 Å². The van der Waals surface area contributed by atoms with Gasteiger partial charge in [0, 0.05) is 6.04 Å². The average Bonchev–Trinajstić information content (AvgIpc) is 2.49. The van der Waals surface area contributed by atoms with Crippen molar-refractivity contribution in [2.24, 2.45) is 0 Å². The van der Waals surface area contributed by atoms with Crippen LogP contribution in [0.5, 0.6) is 0 Å². The minimum absolute atomic E-state index is 0.00269. The summed E-state index contributed by atoms with van der Waals surface area (Å²) in [5.41, 5.74) is 9.07. The first-order chi connectivity index (χ1) is 10.1. The quantitative estimate of drug-likeness (QED) is 0.804. The second-order valence-electron chi connectivity index (χ2n) is 5.29. The van der Waals surface area contributed by atoms with E-state index >= 15 is 0 Å². The van der Waals surface area contributed by atoms with E-state index in [2.05, 4.69) is 28.5 Å². The van der Waals surface area contributed by atoms with Crippen LogP contribution >= 0.6 is 0 Å². The highest BCUT2D eigenvalue weighted by Gasteiger charge is 2.19. The number of carboxylic acids is 1. The first-order valence-electron chi connectivity index (χ1n) is 6.96. The molecule has 1 aliphatic rings. The summed E-state index contributed by atoms with van der Waals surface area (Å²) in [7, 11) is 0. The molecule has 1 unspecified atom stereocenters. The maximum Gasteiger partial charge on any atom is 0.354 e. The normalized spacial score (nSPS) is 17.0. The van der Waals surface area contributed by atoms with Gasteiger partial charge in [0.1, 0.15) is 5.82 Å². The summed E-state index contributed by atoms with van der Waals surface area (Å²) in [4.78, 5) is 15.1. The molecule has 1 atom stereocenters. The molecule has 0 fully saturated rings. The van der Waals surface area contributed by atoms with Crippen LogP contribution in [0.2, 0.25) is 0 Å². The van der Waals surface area contributed by atoms with Gasteiger partial charge in [0.2, 0.25) is 0 Å². The smallest absolute Gasteiger partial charge is 0.354 e. The fourth-order valence-electron chi connectivity index (χ4n) is 2.72. The third-order valence-corrected chi connectivity index (χ3v) is 3.83. The maximum absolute atomic E-state index is 11.0. The Balaban J connectivity index is 1.79. The topological polar surface area (TPSA) is 88.2 Å². The molecule has 0 spiro atoms. The highest BCUT2D eigenvalue weighted by atomic mass is 16.4. The Kier molecular flexibility index (Phi) is 3.48. The first kappa shape index (κ1) is 13.4. The van der Waals surface area contributed by atoms with Crippen LogP contribution in [-0.2, 0) is 12.8 Å². The van der Waals surface area contributed by atoms with Crippen LogP contribution in [-0.4, -0.2) is 22.1 Å². The molecule has 0 saturated heterocycles. The molecule has 0 radical (unpaired) electrons. The molecule has 1 aliphatic carbocycles. The van der Waals surface area contributed by atoms with Crippen molar-refractivity contribution in [1.82, 2.24) is 4.98 Å². The highest BCUT2D eigenvalue weighted by molar-refractivity contribution is 5.86. The number of nitrogens with one attached hydrogen (secondary N) is 1. The molecule has 4 N–H and O–H groups in total. The number of nitrogens with two attached hydrogens (primary N) is 1. The number of fused-ring (bicyclic) bond motifs is 1. The lowest BCUT2D eigenvalue weighted by Crippen LogP contribution is -2.28. The molecule has 0 aliphatic heterocycles. The Morgan fingerprint density at radius 1 is 1.24 bits per heavy atom. The van der Waals surface area contributed by atoms with Crippen LogP contribution in [0.1, 0.15) is 28.0 Å². The summed E-state index contributed by atoms with van der Waals surface area (Å²) in [6.07, 6.45) is 2.89. The van der Waals surface area contributed by atoms with Crippen molar-refractivity contribution >= 4 is 17.5 Å². The molecule has 0 saturated carbocycles. The lowest BCUT2D eigenvalue weighted by molar-refractivity contribution is 0.0690. The summed E-state index contributed by atoms with van der Waals surface area (Å²) in [5.74, 6) is -0.591. The van der Waals surface area contributed by atoms with Gasteiger partial charge in [-0.15, -0.1) is 0 Å². The molecule has 5 nitrogen and oxygen atoms in total. The highest BCUT2D eigenvalue weighted by Crippen LogP contribution is 2.25. The van der Waals surface area contributed by atoms with E-state index in [1.807, 2.05) is 6.07 Å². The van der Waals surface area contributed by atoms with Gasteiger partial charge in [-0.05, 0) is 42.5 Å². The number of nitrogens with zero attached hydrogens (tertiary/aromatic N) is 1. The molecule has 108 valence electrons. The van der Waals surface area contributed by atoms with Gasteiger partial charge in [-0.1, -0.05) is 24.3 Å². The van der Waals surface area contributed by atoms with Crippen molar-refractivity contribution in [3.8, 4) is 0 Å². The number of hydrogen-bond donors (Lipinski definition) is 3. The maximum atomic E-state index is 11.0. The predicted molar refractivity (Wildman–Crippen MR) is 81.5 cm³/mol. The van der Waals surface area contributed by atoms with Gasteiger partial charge >= 0.3 is 5.97 Å². The second-order valence-corrected chi connectivity index (χ2v) is 5.29. The first-order valence-corrected chi connectivity index (χ1v) is 6.96. The zero-order chi connectivity index (χ0) is 14.8. The number of nitrogen functional groups attached to an aromatic ring is 1. The molecular weight excluding hydrogens is 266 g/mol. The minimum Gasteiger partial charge on any atom is -0.477 e. The molecule has 1 aromatic heterocycles. The van der Waals surface area contributed by atoms with Crippen LogP contribution < -0.4 is 11.1 Å². The van der Waals surface area contributed by atoms with Crippen molar-refractivity contribution < 1.29 is 9.90 Å². The van der Waals surface area contributed by atoms with Crippen molar-refractivity contribution in [1.29, 1.82) is 0 Å². The van der Waals surface area contributed by atoms with E-state index in [9.17, 15) is 4.79 Å². The summed E-state index contributed by atoms with van der Waals surface area (Å²) in [6.45, 7) is 0. The van der Waals surface area contributed by atoms with Gasteiger partial charge in [-0.25, -0.2) is 9.78 Å². The predicted octanol–water partition coefficient (Wildman–Crippen LogP) is 2.33. The Morgan fingerprint density at radius 3 is 2.76 bits per heavy atom. The summed E-state index contributed by atoms with van der Waals surface area (Å²) in [5, 5.41) is 12.3. The number of carboxylic acid groups (broad SMARTS) is 1. The molecule has 0 amide bonds. The number of carbonyl (C=O) groups is 1. The van der Waals surface area contributed by atoms with Crippen molar-refractivity contribution in [3.05, 3.63) is 53.2 Å². The van der Waals surface area contributed by atoms with Crippen LogP contribution in [0.25, 0.3) is 0 Å². The summed E-state index contributed by atoms with van der Waals surface area (Å²) >= 11 is 0. The molecule has 21 heavy (non-hydrogen) atoms. The van der Waals surface area contributed by atoms with Crippen LogP contribution in [0.3, 0.4) is 0 Å². The minimum atomic E-state index is -1.05. The van der Waals surface area contributed by atoms with Crippen LogP contribution in [0, 0.1) is 0 Å². The lowest BCUT2D eigenvalue weighted by atomic mass is 9.88. The number of aromatic nitrogens is 1. The number of rotatable bonds is 3. The summed E-state index contributed by atoms with van der Waals surface area (Å²) in [6, 6.07) is 11.6. The largest absolute Gasteiger partial charge is 0.477 e.